The SMILES string of the molecule is CCOc1ccc(N2C(=O)/C(=C\c3ccc(COc4ccccc4C)o3)NC2=S)cc1. The molecule has 31 heavy (non-hydrogen) atoms. The second-order valence-corrected chi connectivity index (χ2v) is 7.30. The van der Waals surface area contributed by atoms with Crippen LogP contribution in [0.25, 0.3) is 6.08 Å². The second kappa shape index (κ2) is 9.06. The molecule has 1 amide bonds. The quantitative estimate of drug-likeness (QED) is 0.425. The second-order valence-electron chi connectivity index (χ2n) is 6.91. The Morgan fingerprint density at radius 3 is 2.58 bits per heavy atom. The maximum absolute atomic E-state index is 12.9. The summed E-state index contributed by atoms with van der Waals surface area (Å²) in [7, 11) is 0. The third-order valence-corrected chi connectivity index (χ3v) is 5.00. The molecule has 1 aliphatic heterocycles. The number of hydrogen-bond acceptors (Lipinski definition) is 5. The molecule has 1 aromatic heterocycles. The van der Waals surface area contributed by atoms with Gasteiger partial charge in [-0.2, -0.15) is 0 Å². The average Bonchev–Trinajstić information content (AvgIpc) is 3.32. The van der Waals surface area contributed by atoms with E-state index in [4.69, 9.17) is 26.1 Å². The molecule has 0 radical (unpaired) electrons. The van der Waals surface area contributed by atoms with Gasteiger partial charge in [0.15, 0.2) is 5.11 Å². The van der Waals surface area contributed by atoms with E-state index < -0.39 is 0 Å². The van der Waals surface area contributed by atoms with Crippen LogP contribution in [0.4, 0.5) is 5.69 Å². The fourth-order valence-corrected chi connectivity index (χ4v) is 3.49. The lowest BCUT2D eigenvalue weighted by atomic mass is 10.2. The van der Waals surface area contributed by atoms with E-state index in [-0.39, 0.29) is 5.91 Å². The Balaban J connectivity index is 1.45. The molecule has 158 valence electrons. The Hall–Kier alpha value is -3.58. The summed E-state index contributed by atoms with van der Waals surface area (Å²) in [4.78, 5) is 14.3. The summed E-state index contributed by atoms with van der Waals surface area (Å²) in [5.74, 6) is 2.50. The monoisotopic (exact) mass is 434 g/mol. The summed E-state index contributed by atoms with van der Waals surface area (Å²) in [6.45, 7) is 4.79. The summed E-state index contributed by atoms with van der Waals surface area (Å²) >= 11 is 5.36. The van der Waals surface area contributed by atoms with Gasteiger partial charge in [0, 0.05) is 6.08 Å². The molecular weight excluding hydrogens is 412 g/mol. The number of benzene rings is 2. The van der Waals surface area contributed by atoms with Gasteiger partial charge in [-0.15, -0.1) is 0 Å². The zero-order valence-electron chi connectivity index (χ0n) is 17.3. The number of carbonyl (C=O) groups is 1. The maximum Gasteiger partial charge on any atom is 0.281 e. The van der Waals surface area contributed by atoms with E-state index in [0.717, 1.165) is 17.1 Å². The molecule has 2 aromatic carbocycles. The minimum Gasteiger partial charge on any atom is -0.494 e. The molecule has 1 N–H and O–H groups in total. The number of anilines is 1. The first-order valence-electron chi connectivity index (χ1n) is 9.92. The molecule has 7 heteroatoms. The van der Waals surface area contributed by atoms with E-state index in [0.29, 0.717) is 41.2 Å². The maximum atomic E-state index is 12.9. The number of aryl methyl sites for hydroxylation is 1. The number of furan rings is 1. The number of nitrogens with one attached hydrogen (secondary N) is 1. The normalized spacial score (nSPS) is 14.8. The molecule has 0 spiro atoms. The van der Waals surface area contributed by atoms with Gasteiger partial charge < -0.3 is 19.2 Å². The summed E-state index contributed by atoms with van der Waals surface area (Å²) in [5, 5.41) is 3.28. The molecule has 0 saturated carbocycles. The van der Waals surface area contributed by atoms with Crippen LogP contribution in [0.5, 0.6) is 11.5 Å². The van der Waals surface area contributed by atoms with Crippen molar-refractivity contribution in [3.8, 4) is 11.5 Å². The van der Waals surface area contributed by atoms with Crippen LogP contribution in [0.1, 0.15) is 24.0 Å². The van der Waals surface area contributed by atoms with Gasteiger partial charge in [-0.1, -0.05) is 18.2 Å². The van der Waals surface area contributed by atoms with E-state index in [1.165, 1.54) is 4.90 Å². The lowest BCUT2D eigenvalue weighted by molar-refractivity contribution is -0.113. The fraction of sp³-hybridized carbons (Fsp3) is 0.167. The van der Waals surface area contributed by atoms with Gasteiger partial charge in [0.1, 0.15) is 35.3 Å². The number of nitrogens with zero attached hydrogens (tertiary/aromatic N) is 1. The molecule has 0 atom stereocenters. The van der Waals surface area contributed by atoms with Crippen molar-refractivity contribution in [1.82, 2.24) is 5.32 Å². The lowest BCUT2D eigenvalue weighted by Gasteiger charge is -2.14. The van der Waals surface area contributed by atoms with Gasteiger partial charge in [0.25, 0.3) is 5.91 Å². The highest BCUT2D eigenvalue weighted by molar-refractivity contribution is 7.80. The van der Waals surface area contributed by atoms with Crippen molar-refractivity contribution in [3.63, 3.8) is 0 Å². The molecule has 1 saturated heterocycles. The van der Waals surface area contributed by atoms with Crippen LogP contribution in [0, 0.1) is 6.92 Å². The number of hydrogen-bond donors (Lipinski definition) is 1. The first kappa shape index (κ1) is 20.7. The van der Waals surface area contributed by atoms with Gasteiger partial charge >= 0.3 is 0 Å². The number of ether oxygens (including phenoxy) is 2. The minimum atomic E-state index is -0.247. The predicted molar refractivity (Wildman–Crippen MR) is 123 cm³/mol. The average molecular weight is 435 g/mol. The van der Waals surface area contributed by atoms with Crippen LogP contribution in [0.3, 0.4) is 0 Å². The third kappa shape index (κ3) is 4.62. The van der Waals surface area contributed by atoms with Crippen LogP contribution in [-0.4, -0.2) is 17.6 Å². The zero-order chi connectivity index (χ0) is 21.8. The molecule has 4 rings (SSSR count). The largest absolute Gasteiger partial charge is 0.494 e. The highest BCUT2D eigenvalue weighted by atomic mass is 32.1. The third-order valence-electron chi connectivity index (χ3n) is 4.72. The molecule has 3 aromatic rings. The smallest absolute Gasteiger partial charge is 0.281 e. The van der Waals surface area contributed by atoms with Gasteiger partial charge in [0.05, 0.1) is 12.3 Å². The molecule has 1 aliphatic rings. The summed E-state index contributed by atoms with van der Waals surface area (Å²) in [5.41, 5.74) is 2.07. The van der Waals surface area contributed by atoms with E-state index in [9.17, 15) is 4.79 Å². The number of carbonyl (C=O) groups excluding carboxylic acids is 1. The summed E-state index contributed by atoms with van der Waals surface area (Å²) < 4.78 is 17.1. The molecule has 0 unspecified atom stereocenters. The first-order chi connectivity index (χ1) is 15.0. The number of thiocarbonyl (C=S) groups is 1. The van der Waals surface area contributed by atoms with E-state index in [1.54, 1.807) is 24.3 Å². The predicted octanol–water partition coefficient (Wildman–Crippen LogP) is 4.83. The Morgan fingerprint density at radius 2 is 1.84 bits per heavy atom. The molecule has 2 heterocycles. The van der Waals surface area contributed by atoms with Crippen LogP contribution in [0.15, 0.2) is 70.8 Å². The Morgan fingerprint density at radius 1 is 1.06 bits per heavy atom. The van der Waals surface area contributed by atoms with E-state index in [2.05, 4.69) is 5.32 Å². The van der Waals surface area contributed by atoms with Gasteiger partial charge in [-0.05, 0) is 74.1 Å². The highest BCUT2D eigenvalue weighted by Crippen LogP contribution is 2.25. The molecule has 1 fully saturated rings. The van der Waals surface area contributed by atoms with Crippen molar-refractivity contribution in [1.29, 1.82) is 0 Å². The lowest BCUT2D eigenvalue weighted by Crippen LogP contribution is -2.30. The van der Waals surface area contributed by atoms with Crippen molar-refractivity contribution in [3.05, 3.63) is 83.4 Å². The molecule has 0 bridgehead atoms. The van der Waals surface area contributed by atoms with Gasteiger partial charge in [-0.3, -0.25) is 9.69 Å². The van der Waals surface area contributed by atoms with Crippen LogP contribution < -0.4 is 19.7 Å². The Labute approximate surface area is 186 Å². The molecular formula is C24H22N2O4S. The van der Waals surface area contributed by atoms with Gasteiger partial charge in [-0.25, -0.2) is 0 Å². The standard InChI is InChI=1S/C24H22N2O4S/c1-3-28-18-10-8-17(9-11-18)26-23(27)21(25-24(26)31)14-19-12-13-20(30-19)15-29-22-7-5-4-6-16(22)2/h4-14H,3,15H2,1-2H3,(H,25,31)/b21-14+. The van der Waals surface area contributed by atoms with E-state index >= 15 is 0 Å². The van der Waals surface area contributed by atoms with Crippen molar-refractivity contribution in [2.45, 2.75) is 20.5 Å². The Kier molecular flexibility index (Phi) is 6.04. The van der Waals surface area contributed by atoms with Gasteiger partial charge in [0.2, 0.25) is 0 Å². The number of amides is 1. The van der Waals surface area contributed by atoms with Crippen molar-refractivity contribution < 1.29 is 18.7 Å². The topological polar surface area (TPSA) is 63.9 Å². The minimum absolute atomic E-state index is 0.247. The Bertz CT molecular complexity index is 1130. The van der Waals surface area contributed by atoms with Crippen LogP contribution >= 0.6 is 12.2 Å². The summed E-state index contributed by atoms with van der Waals surface area (Å²) in [6, 6.07) is 18.6. The molecule has 0 aliphatic carbocycles. The van der Waals surface area contributed by atoms with Crippen molar-refractivity contribution >= 4 is 35.0 Å². The highest BCUT2D eigenvalue weighted by Gasteiger charge is 2.32. The number of rotatable bonds is 7. The fourth-order valence-electron chi connectivity index (χ4n) is 3.19. The number of para-hydroxylation sites is 1. The first-order valence-corrected chi connectivity index (χ1v) is 10.3. The zero-order valence-corrected chi connectivity index (χ0v) is 18.1. The summed E-state index contributed by atoms with van der Waals surface area (Å²) in [6.07, 6.45) is 1.64. The van der Waals surface area contributed by atoms with Crippen LogP contribution in [0.2, 0.25) is 0 Å². The van der Waals surface area contributed by atoms with E-state index in [1.807, 2.05) is 56.3 Å². The molecule has 6 nitrogen and oxygen atoms in total. The van der Waals surface area contributed by atoms with Crippen molar-refractivity contribution in [2.75, 3.05) is 11.5 Å². The van der Waals surface area contributed by atoms with Crippen LogP contribution in [-0.2, 0) is 11.4 Å². The van der Waals surface area contributed by atoms with Crippen molar-refractivity contribution in [2.24, 2.45) is 0 Å².